The van der Waals surface area contributed by atoms with Crippen molar-refractivity contribution in [1.82, 2.24) is 10.2 Å². The Morgan fingerprint density at radius 2 is 2.23 bits per heavy atom. The van der Waals surface area contributed by atoms with Gasteiger partial charge in [-0.05, 0) is 38.3 Å². The third-order valence-electron chi connectivity index (χ3n) is 3.11. The molecule has 1 heterocycles. The summed E-state index contributed by atoms with van der Waals surface area (Å²) in [6.45, 7) is 2.12. The molecule has 1 amide bonds. The van der Waals surface area contributed by atoms with Crippen LogP contribution in [0.1, 0.15) is 25.7 Å². The van der Waals surface area contributed by atoms with E-state index in [1.54, 1.807) is 0 Å². The number of rotatable bonds is 3. The highest BCUT2D eigenvalue weighted by Crippen LogP contribution is 2.26. The fourth-order valence-corrected chi connectivity index (χ4v) is 1.95. The van der Waals surface area contributed by atoms with Gasteiger partial charge in [0.15, 0.2) is 0 Å². The number of hydrogen-bond donors (Lipinski definition) is 1. The summed E-state index contributed by atoms with van der Waals surface area (Å²) in [5, 5.41) is 3.29. The van der Waals surface area contributed by atoms with Gasteiger partial charge in [-0.1, -0.05) is 0 Å². The molecule has 1 unspecified atom stereocenters. The first-order chi connectivity index (χ1) is 6.27. The second-order valence-electron chi connectivity index (χ2n) is 4.30. The first-order valence-electron chi connectivity index (χ1n) is 5.24. The summed E-state index contributed by atoms with van der Waals surface area (Å²) in [6, 6.07) is 0.571. The summed E-state index contributed by atoms with van der Waals surface area (Å²) in [4.78, 5) is 13.6. The number of nitrogens with zero attached hydrogens (tertiary/aromatic N) is 1. The Labute approximate surface area is 79.5 Å². The van der Waals surface area contributed by atoms with E-state index in [2.05, 4.69) is 5.32 Å². The highest BCUT2D eigenvalue weighted by molar-refractivity contribution is 5.76. The SMILES string of the molecule is CN(C(=O)CC1CCNC1)C1CC1. The van der Waals surface area contributed by atoms with Crippen molar-refractivity contribution in [2.45, 2.75) is 31.7 Å². The second kappa shape index (κ2) is 3.66. The van der Waals surface area contributed by atoms with Crippen molar-refractivity contribution in [3.05, 3.63) is 0 Å². The van der Waals surface area contributed by atoms with Crippen LogP contribution in [0.3, 0.4) is 0 Å². The molecule has 0 spiro atoms. The monoisotopic (exact) mass is 182 g/mol. The Morgan fingerprint density at radius 3 is 2.77 bits per heavy atom. The minimum absolute atomic E-state index is 0.344. The van der Waals surface area contributed by atoms with Crippen LogP contribution in [0.25, 0.3) is 0 Å². The number of nitrogens with one attached hydrogen (secondary N) is 1. The molecule has 1 atom stereocenters. The first kappa shape index (κ1) is 9.00. The van der Waals surface area contributed by atoms with Gasteiger partial charge in [0, 0.05) is 19.5 Å². The largest absolute Gasteiger partial charge is 0.343 e. The molecule has 74 valence electrons. The number of carbonyl (C=O) groups is 1. The van der Waals surface area contributed by atoms with Crippen LogP contribution in [-0.4, -0.2) is 37.0 Å². The molecule has 2 aliphatic rings. The minimum Gasteiger partial charge on any atom is -0.343 e. The molecule has 1 aliphatic carbocycles. The standard InChI is InChI=1S/C10H18N2O/c1-12(9-2-3-9)10(13)6-8-4-5-11-7-8/h8-9,11H,2-7H2,1H3. The number of carbonyl (C=O) groups excluding carboxylic acids is 1. The Morgan fingerprint density at radius 1 is 1.46 bits per heavy atom. The number of hydrogen-bond acceptors (Lipinski definition) is 2. The molecule has 13 heavy (non-hydrogen) atoms. The average Bonchev–Trinajstić information content (AvgIpc) is 2.85. The molecule has 0 aromatic carbocycles. The van der Waals surface area contributed by atoms with Crippen LogP contribution < -0.4 is 5.32 Å². The van der Waals surface area contributed by atoms with E-state index in [-0.39, 0.29) is 0 Å². The average molecular weight is 182 g/mol. The van der Waals surface area contributed by atoms with Gasteiger partial charge in [0.1, 0.15) is 0 Å². The zero-order chi connectivity index (χ0) is 9.26. The molecule has 3 nitrogen and oxygen atoms in total. The molecule has 0 aromatic heterocycles. The van der Waals surface area contributed by atoms with E-state index in [4.69, 9.17) is 0 Å². The Kier molecular flexibility index (Phi) is 2.54. The van der Waals surface area contributed by atoms with E-state index in [1.807, 2.05) is 11.9 Å². The van der Waals surface area contributed by atoms with Crippen molar-refractivity contribution in [2.24, 2.45) is 5.92 Å². The van der Waals surface area contributed by atoms with Crippen molar-refractivity contribution in [2.75, 3.05) is 20.1 Å². The smallest absolute Gasteiger partial charge is 0.222 e. The van der Waals surface area contributed by atoms with Gasteiger partial charge in [-0.3, -0.25) is 4.79 Å². The topological polar surface area (TPSA) is 32.3 Å². The lowest BCUT2D eigenvalue weighted by atomic mass is 10.0. The summed E-state index contributed by atoms with van der Waals surface area (Å²) in [5.41, 5.74) is 0. The molecule has 1 saturated carbocycles. The van der Waals surface area contributed by atoms with E-state index in [0.29, 0.717) is 17.9 Å². The van der Waals surface area contributed by atoms with Crippen LogP contribution >= 0.6 is 0 Å². The molecular weight excluding hydrogens is 164 g/mol. The van der Waals surface area contributed by atoms with Crippen molar-refractivity contribution in [3.63, 3.8) is 0 Å². The van der Waals surface area contributed by atoms with Crippen LogP contribution in [0.15, 0.2) is 0 Å². The fourth-order valence-electron chi connectivity index (χ4n) is 1.95. The van der Waals surface area contributed by atoms with E-state index in [0.717, 1.165) is 19.5 Å². The fraction of sp³-hybridized carbons (Fsp3) is 0.900. The summed E-state index contributed by atoms with van der Waals surface area (Å²) in [6.07, 6.45) is 4.35. The third kappa shape index (κ3) is 2.21. The van der Waals surface area contributed by atoms with E-state index >= 15 is 0 Å². The Balaban J connectivity index is 1.76. The molecule has 2 fully saturated rings. The molecule has 2 rings (SSSR count). The first-order valence-corrected chi connectivity index (χ1v) is 5.24. The highest BCUT2D eigenvalue weighted by Gasteiger charge is 2.30. The maximum Gasteiger partial charge on any atom is 0.222 e. The normalized spacial score (nSPS) is 27.6. The minimum atomic E-state index is 0.344. The van der Waals surface area contributed by atoms with Gasteiger partial charge < -0.3 is 10.2 Å². The summed E-state index contributed by atoms with van der Waals surface area (Å²) in [5.74, 6) is 0.935. The van der Waals surface area contributed by atoms with Gasteiger partial charge in [0.25, 0.3) is 0 Å². The maximum atomic E-state index is 11.7. The maximum absolute atomic E-state index is 11.7. The quantitative estimate of drug-likeness (QED) is 0.693. The van der Waals surface area contributed by atoms with Crippen LogP contribution in [0, 0.1) is 5.92 Å². The lowest BCUT2D eigenvalue weighted by Gasteiger charge is -2.18. The van der Waals surface area contributed by atoms with Gasteiger partial charge in [0.05, 0.1) is 0 Å². The summed E-state index contributed by atoms with van der Waals surface area (Å²) >= 11 is 0. The lowest BCUT2D eigenvalue weighted by molar-refractivity contribution is -0.131. The van der Waals surface area contributed by atoms with Gasteiger partial charge in [-0.15, -0.1) is 0 Å². The van der Waals surface area contributed by atoms with Gasteiger partial charge >= 0.3 is 0 Å². The van der Waals surface area contributed by atoms with E-state index < -0.39 is 0 Å². The summed E-state index contributed by atoms with van der Waals surface area (Å²) in [7, 11) is 1.95. The molecular formula is C10H18N2O. The van der Waals surface area contributed by atoms with Crippen molar-refractivity contribution in [1.29, 1.82) is 0 Å². The van der Waals surface area contributed by atoms with Gasteiger partial charge in [-0.25, -0.2) is 0 Å². The van der Waals surface area contributed by atoms with E-state index in [9.17, 15) is 4.79 Å². The molecule has 1 saturated heterocycles. The van der Waals surface area contributed by atoms with Crippen LogP contribution in [-0.2, 0) is 4.79 Å². The van der Waals surface area contributed by atoms with Gasteiger partial charge in [-0.2, -0.15) is 0 Å². The summed E-state index contributed by atoms with van der Waals surface area (Å²) < 4.78 is 0. The zero-order valence-corrected chi connectivity index (χ0v) is 8.25. The molecule has 0 bridgehead atoms. The lowest BCUT2D eigenvalue weighted by Crippen LogP contribution is -2.30. The molecule has 0 aromatic rings. The third-order valence-corrected chi connectivity index (χ3v) is 3.11. The molecule has 0 radical (unpaired) electrons. The molecule has 3 heteroatoms. The van der Waals surface area contributed by atoms with E-state index in [1.165, 1.54) is 19.3 Å². The highest BCUT2D eigenvalue weighted by atomic mass is 16.2. The second-order valence-corrected chi connectivity index (χ2v) is 4.30. The van der Waals surface area contributed by atoms with Crippen molar-refractivity contribution < 1.29 is 4.79 Å². The van der Waals surface area contributed by atoms with Crippen LogP contribution in [0.4, 0.5) is 0 Å². The van der Waals surface area contributed by atoms with Gasteiger partial charge in [0.2, 0.25) is 5.91 Å². The predicted octanol–water partition coefficient (Wildman–Crippen LogP) is 0.607. The number of amides is 1. The van der Waals surface area contributed by atoms with Crippen molar-refractivity contribution in [3.8, 4) is 0 Å². The Hall–Kier alpha value is -0.570. The predicted molar refractivity (Wildman–Crippen MR) is 51.4 cm³/mol. The van der Waals surface area contributed by atoms with Crippen LogP contribution in [0.2, 0.25) is 0 Å². The zero-order valence-electron chi connectivity index (χ0n) is 8.25. The Bertz CT molecular complexity index is 195. The molecule has 1 N–H and O–H groups in total. The molecule has 1 aliphatic heterocycles. The van der Waals surface area contributed by atoms with Crippen LogP contribution in [0.5, 0.6) is 0 Å². The van der Waals surface area contributed by atoms with Crippen molar-refractivity contribution >= 4 is 5.91 Å².